The van der Waals surface area contributed by atoms with Crippen molar-refractivity contribution in [3.63, 3.8) is 0 Å². The van der Waals surface area contributed by atoms with Crippen LogP contribution >= 0.6 is 0 Å². The summed E-state index contributed by atoms with van der Waals surface area (Å²) in [6.07, 6.45) is 2.26. The normalized spacial score (nSPS) is 12.8. The Morgan fingerprint density at radius 2 is 0.672 bits per heavy atom. The molecular weight excluding hydrogens is 771 g/mol. The molecule has 0 saturated carbocycles. The van der Waals surface area contributed by atoms with Crippen molar-refractivity contribution in [3.8, 4) is 83.6 Å². The minimum absolute atomic E-state index is 0.380. The molecule has 0 saturated heterocycles. The first-order valence-corrected chi connectivity index (χ1v) is 22.2. The smallest absolute Gasteiger partial charge is 0.0726 e. The molecule has 1 heterocycles. The largest absolute Gasteiger partial charge is 0.316 e. The second-order valence-electron chi connectivity index (χ2n) is 17.2. The lowest BCUT2D eigenvalue weighted by Gasteiger charge is -2.30. The Hall–Kier alpha value is -8.26. The summed E-state index contributed by atoms with van der Waals surface area (Å²) in [5, 5.41) is 1.21. The average Bonchev–Trinajstić information content (AvgIpc) is 4.04. The lowest BCUT2D eigenvalue weighted by atomic mass is 9.70. The molecule has 1 aromatic heterocycles. The van der Waals surface area contributed by atoms with E-state index in [9.17, 15) is 0 Å². The fraction of sp³-hybridized carbons (Fsp3) is 0.0159. The van der Waals surface area contributed by atoms with Crippen molar-refractivity contribution in [2.24, 2.45) is 0 Å². The second-order valence-corrected chi connectivity index (χ2v) is 17.2. The lowest BCUT2D eigenvalue weighted by Crippen LogP contribution is -2.25. The van der Waals surface area contributed by atoms with Crippen LogP contribution in [-0.2, 0) is 5.41 Å². The van der Waals surface area contributed by atoms with Gasteiger partial charge in [0, 0.05) is 17.1 Å². The molecule has 10 aromatic carbocycles. The van der Waals surface area contributed by atoms with Crippen LogP contribution in [0.5, 0.6) is 0 Å². The molecule has 1 spiro atoms. The Morgan fingerprint density at radius 3 is 1.19 bits per heavy atom. The molecule has 11 aromatic rings. The quantitative estimate of drug-likeness (QED) is 0.158. The summed E-state index contributed by atoms with van der Waals surface area (Å²) in [5.41, 5.74) is 24.6. The number of aromatic nitrogens is 1. The van der Waals surface area contributed by atoms with Gasteiger partial charge in [-0.05, 0) is 155 Å². The summed E-state index contributed by atoms with van der Waals surface area (Å²) in [6.45, 7) is 0. The molecule has 0 radical (unpaired) electrons. The summed E-state index contributed by atoms with van der Waals surface area (Å²) in [7, 11) is 0. The molecule has 298 valence electrons. The van der Waals surface area contributed by atoms with Crippen LogP contribution in [0.1, 0.15) is 22.3 Å². The van der Waals surface area contributed by atoms with E-state index in [0.29, 0.717) is 0 Å². The van der Waals surface area contributed by atoms with Crippen molar-refractivity contribution in [3.05, 3.63) is 271 Å². The van der Waals surface area contributed by atoms with Crippen LogP contribution in [0.4, 0.5) is 0 Å². The van der Waals surface area contributed by atoms with Crippen LogP contribution < -0.4 is 0 Å². The molecule has 0 fully saturated rings. The van der Waals surface area contributed by atoms with Gasteiger partial charge < -0.3 is 4.57 Å². The monoisotopic (exact) mass is 811 g/mol. The third-order valence-electron chi connectivity index (χ3n) is 13.8. The molecule has 1 heteroatoms. The van der Waals surface area contributed by atoms with E-state index in [1.165, 1.54) is 117 Å². The van der Waals surface area contributed by atoms with Gasteiger partial charge in [0.1, 0.15) is 0 Å². The molecule has 0 amide bonds. The van der Waals surface area contributed by atoms with Crippen LogP contribution in [0.2, 0.25) is 0 Å². The fourth-order valence-electron chi connectivity index (χ4n) is 11.0. The van der Waals surface area contributed by atoms with Gasteiger partial charge in [-0.2, -0.15) is 0 Å². The highest BCUT2D eigenvalue weighted by molar-refractivity contribution is 5.99. The number of hydrogen-bond acceptors (Lipinski definition) is 0. The van der Waals surface area contributed by atoms with Crippen molar-refractivity contribution >= 4 is 10.9 Å². The zero-order chi connectivity index (χ0) is 42.2. The maximum atomic E-state index is 2.41. The van der Waals surface area contributed by atoms with E-state index in [0.717, 1.165) is 0 Å². The van der Waals surface area contributed by atoms with Gasteiger partial charge in [-0.25, -0.2) is 0 Å². The Morgan fingerprint density at radius 1 is 0.266 bits per heavy atom. The highest BCUT2D eigenvalue weighted by atomic mass is 15.0. The van der Waals surface area contributed by atoms with E-state index < -0.39 is 0 Å². The minimum atomic E-state index is -0.380. The van der Waals surface area contributed by atoms with E-state index in [-0.39, 0.29) is 5.41 Å². The van der Waals surface area contributed by atoms with E-state index in [1.807, 2.05) is 0 Å². The molecule has 13 rings (SSSR count). The van der Waals surface area contributed by atoms with Crippen LogP contribution in [0.15, 0.2) is 249 Å². The summed E-state index contributed by atoms with van der Waals surface area (Å²) in [5.74, 6) is 0. The van der Waals surface area contributed by atoms with Crippen LogP contribution in [-0.4, -0.2) is 4.57 Å². The summed E-state index contributed by atoms with van der Waals surface area (Å²) >= 11 is 0. The molecule has 2 aliphatic rings. The molecule has 0 N–H and O–H groups in total. The summed E-state index contributed by atoms with van der Waals surface area (Å²) in [6, 6.07) is 89.7. The van der Waals surface area contributed by atoms with E-state index in [1.54, 1.807) is 0 Å². The van der Waals surface area contributed by atoms with Crippen LogP contribution in [0, 0.1) is 0 Å². The van der Waals surface area contributed by atoms with Gasteiger partial charge in [-0.3, -0.25) is 0 Å². The number of hydrogen-bond donors (Lipinski definition) is 0. The number of nitrogens with zero attached hydrogens (tertiary/aromatic N) is 1. The zero-order valence-electron chi connectivity index (χ0n) is 35.1. The van der Waals surface area contributed by atoms with Crippen molar-refractivity contribution in [2.45, 2.75) is 5.41 Å². The Labute approximate surface area is 373 Å². The fourth-order valence-corrected chi connectivity index (χ4v) is 11.0. The number of rotatable bonds is 6. The Kier molecular flexibility index (Phi) is 8.20. The Bertz CT molecular complexity index is 3490. The highest BCUT2D eigenvalue weighted by Gasteiger charge is 2.52. The second kappa shape index (κ2) is 14.4. The van der Waals surface area contributed by atoms with E-state index >= 15 is 0 Å². The first kappa shape index (κ1) is 36.4. The van der Waals surface area contributed by atoms with Crippen LogP contribution in [0.25, 0.3) is 94.5 Å². The standard InChI is InChI=1S/C63H41N/c1-4-17-42(18-5-1)47-36-48(43-19-6-2-7-20-43)39-51(38-47)52-40-49(44-21-8-3-9-22-44)37-50(41-52)45-31-32-60-46(35-45)33-34-64(60)61-30-16-29-59-62(61)55-25-12-15-28-58(55)63(59)56-26-13-10-23-53(56)54-24-11-14-27-57(54)63/h1-41H. The summed E-state index contributed by atoms with van der Waals surface area (Å²) < 4.78 is 2.41. The van der Waals surface area contributed by atoms with Crippen molar-refractivity contribution in [2.75, 3.05) is 0 Å². The number of benzene rings is 10. The topological polar surface area (TPSA) is 4.93 Å². The van der Waals surface area contributed by atoms with Crippen molar-refractivity contribution in [1.29, 1.82) is 0 Å². The average molecular weight is 812 g/mol. The summed E-state index contributed by atoms with van der Waals surface area (Å²) in [4.78, 5) is 0. The van der Waals surface area contributed by atoms with Gasteiger partial charge in [0.05, 0.1) is 16.6 Å². The van der Waals surface area contributed by atoms with E-state index in [2.05, 4.69) is 253 Å². The maximum Gasteiger partial charge on any atom is 0.0726 e. The van der Waals surface area contributed by atoms with Crippen LogP contribution in [0.3, 0.4) is 0 Å². The lowest BCUT2D eigenvalue weighted by molar-refractivity contribution is 0.793. The molecule has 0 unspecified atom stereocenters. The predicted molar refractivity (Wildman–Crippen MR) is 267 cm³/mol. The SMILES string of the molecule is c1ccc(-c2cc(-c3ccccc3)cc(-c3cc(-c4ccccc4)cc(-c4ccc5c(ccn5-c5cccc6c5-c5ccccc5C65c6ccccc6-c6ccccc65)c4)c3)c2)cc1. The van der Waals surface area contributed by atoms with Gasteiger partial charge in [-0.1, -0.05) is 182 Å². The molecule has 0 atom stereocenters. The molecular formula is C63H41N. The third-order valence-corrected chi connectivity index (χ3v) is 13.8. The molecule has 0 bridgehead atoms. The zero-order valence-corrected chi connectivity index (χ0v) is 35.1. The number of fused-ring (bicyclic) bond motifs is 11. The van der Waals surface area contributed by atoms with E-state index in [4.69, 9.17) is 0 Å². The van der Waals surface area contributed by atoms with Crippen molar-refractivity contribution < 1.29 is 0 Å². The molecule has 1 nitrogen and oxygen atoms in total. The Balaban J connectivity index is 0.966. The maximum absolute atomic E-state index is 2.41. The predicted octanol–water partition coefficient (Wildman–Crippen LogP) is 16.3. The molecule has 0 aliphatic heterocycles. The van der Waals surface area contributed by atoms with Gasteiger partial charge in [0.25, 0.3) is 0 Å². The third kappa shape index (κ3) is 5.51. The first-order valence-electron chi connectivity index (χ1n) is 22.2. The minimum Gasteiger partial charge on any atom is -0.316 e. The molecule has 64 heavy (non-hydrogen) atoms. The van der Waals surface area contributed by atoms with Gasteiger partial charge >= 0.3 is 0 Å². The highest BCUT2D eigenvalue weighted by Crippen LogP contribution is 2.63. The van der Waals surface area contributed by atoms with Gasteiger partial charge in [0.2, 0.25) is 0 Å². The van der Waals surface area contributed by atoms with Gasteiger partial charge in [0.15, 0.2) is 0 Å². The first-order chi connectivity index (χ1) is 31.7. The molecule has 2 aliphatic carbocycles. The van der Waals surface area contributed by atoms with Gasteiger partial charge in [-0.15, -0.1) is 0 Å². The van der Waals surface area contributed by atoms with Crippen molar-refractivity contribution in [1.82, 2.24) is 4.57 Å².